The van der Waals surface area contributed by atoms with Crippen LogP contribution in [0.4, 0.5) is 5.69 Å². The van der Waals surface area contributed by atoms with Crippen LogP contribution in [0.15, 0.2) is 42.5 Å². The topological polar surface area (TPSA) is 117 Å². The van der Waals surface area contributed by atoms with Crippen molar-refractivity contribution >= 4 is 23.4 Å². The van der Waals surface area contributed by atoms with Gasteiger partial charge in [0.25, 0.3) is 0 Å². The molecular formula is C25H27N3O6. The number of nitrogens with zero attached hydrogens (tertiary/aromatic N) is 1. The van der Waals surface area contributed by atoms with E-state index in [0.717, 1.165) is 5.56 Å². The van der Waals surface area contributed by atoms with Gasteiger partial charge in [0.15, 0.2) is 11.5 Å². The van der Waals surface area contributed by atoms with Crippen molar-refractivity contribution in [3.8, 4) is 11.5 Å². The van der Waals surface area contributed by atoms with Crippen molar-refractivity contribution in [2.45, 2.75) is 31.0 Å². The minimum atomic E-state index is -1.40. The zero-order valence-corrected chi connectivity index (χ0v) is 19.2. The van der Waals surface area contributed by atoms with Crippen molar-refractivity contribution < 1.29 is 29.0 Å². The van der Waals surface area contributed by atoms with Gasteiger partial charge in [-0.1, -0.05) is 24.3 Å². The standard InChI is InChI=1S/C25H27N3O6/c1-13(29)21-19-20(25(27-21)15-6-4-5-7-16(15)26-24(25)32)23(31)28(22(19)30)11-10-14-8-9-17(33-2)18(12-14)34-3/h4-9,12-13,19-21,27,29H,10-11H2,1-3H3,(H,26,32)/t13-,19-,20-,21+,25+/m0/s1. The third-order valence-corrected chi connectivity index (χ3v) is 7.24. The highest BCUT2D eigenvalue weighted by Gasteiger charge is 2.70. The van der Waals surface area contributed by atoms with E-state index in [1.54, 1.807) is 51.5 Å². The van der Waals surface area contributed by atoms with Gasteiger partial charge in [-0.25, -0.2) is 0 Å². The lowest BCUT2D eigenvalue weighted by atomic mass is 9.76. The molecule has 9 heteroatoms. The number of fused-ring (bicyclic) bond motifs is 4. The number of anilines is 1. The van der Waals surface area contributed by atoms with Gasteiger partial charge in [0.1, 0.15) is 5.54 Å². The molecule has 1 spiro atoms. The molecule has 0 radical (unpaired) electrons. The first-order chi connectivity index (χ1) is 16.3. The van der Waals surface area contributed by atoms with Gasteiger partial charge in [0.2, 0.25) is 17.7 Å². The van der Waals surface area contributed by atoms with E-state index >= 15 is 0 Å². The van der Waals surface area contributed by atoms with Gasteiger partial charge in [0.05, 0.1) is 32.2 Å². The minimum Gasteiger partial charge on any atom is -0.493 e. The number of aliphatic hydroxyl groups excluding tert-OH is 1. The number of carbonyl (C=O) groups is 3. The number of hydrogen-bond acceptors (Lipinski definition) is 7. The Morgan fingerprint density at radius 2 is 1.79 bits per heavy atom. The summed E-state index contributed by atoms with van der Waals surface area (Å²) in [6, 6.07) is 11.9. The maximum absolute atomic E-state index is 13.7. The van der Waals surface area contributed by atoms with Gasteiger partial charge in [-0.2, -0.15) is 0 Å². The molecular weight excluding hydrogens is 438 g/mol. The Morgan fingerprint density at radius 1 is 1.06 bits per heavy atom. The van der Waals surface area contributed by atoms with Crippen LogP contribution in [-0.4, -0.2) is 60.6 Å². The summed E-state index contributed by atoms with van der Waals surface area (Å²) in [5.74, 6) is -1.78. The number of carbonyl (C=O) groups excluding carboxylic acids is 3. The van der Waals surface area contributed by atoms with Crippen molar-refractivity contribution in [3.63, 3.8) is 0 Å². The van der Waals surface area contributed by atoms with E-state index in [0.29, 0.717) is 29.2 Å². The van der Waals surface area contributed by atoms with Crippen molar-refractivity contribution in [3.05, 3.63) is 53.6 Å². The monoisotopic (exact) mass is 465 g/mol. The van der Waals surface area contributed by atoms with Crippen LogP contribution in [0, 0.1) is 11.8 Å². The van der Waals surface area contributed by atoms with Crippen molar-refractivity contribution in [2.24, 2.45) is 11.8 Å². The maximum Gasteiger partial charge on any atom is 0.250 e. The van der Waals surface area contributed by atoms with E-state index in [1.807, 2.05) is 12.1 Å². The van der Waals surface area contributed by atoms with Crippen LogP contribution in [-0.2, 0) is 26.3 Å². The molecule has 0 saturated carbocycles. The summed E-state index contributed by atoms with van der Waals surface area (Å²) in [5, 5.41) is 16.5. The molecule has 5 atom stereocenters. The molecule has 2 saturated heterocycles. The van der Waals surface area contributed by atoms with Crippen LogP contribution in [0.3, 0.4) is 0 Å². The van der Waals surface area contributed by atoms with Gasteiger partial charge in [0, 0.05) is 23.8 Å². The Labute approximate surface area is 197 Å². The number of methoxy groups -OCH3 is 2. The summed E-state index contributed by atoms with van der Waals surface area (Å²) < 4.78 is 10.6. The number of rotatable bonds is 6. The quantitative estimate of drug-likeness (QED) is 0.546. The summed E-state index contributed by atoms with van der Waals surface area (Å²) >= 11 is 0. The van der Waals surface area contributed by atoms with Crippen molar-refractivity contribution in [2.75, 3.05) is 26.1 Å². The summed E-state index contributed by atoms with van der Waals surface area (Å²) in [4.78, 5) is 41.7. The molecule has 3 aliphatic heterocycles. The van der Waals surface area contributed by atoms with Crippen LogP contribution in [0.5, 0.6) is 11.5 Å². The van der Waals surface area contributed by atoms with Crippen LogP contribution in [0.1, 0.15) is 18.1 Å². The molecule has 0 unspecified atom stereocenters. The van der Waals surface area contributed by atoms with Gasteiger partial charge in [-0.05, 0) is 37.1 Å². The molecule has 178 valence electrons. The summed E-state index contributed by atoms with van der Waals surface area (Å²) in [6.45, 7) is 1.72. The highest BCUT2D eigenvalue weighted by Crippen LogP contribution is 2.53. The van der Waals surface area contributed by atoms with Crippen LogP contribution in [0.25, 0.3) is 0 Å². The number of imide groups is 1. The van der Waals surface area contributed by atoms with E-state index in [9.17, 15) is 19.5 Å². The molecule has 0 aliphatic carbocycles. The lowest BCUT2D eigenvalue weighted by molar-refractivity contribution is -0.143. The fourth-order valence-corrected chi connectivity index (χ4v) is 5.66. The first-order valence-corrected chi connectivity index (χ1v) is 11.3. The molecule has 3 N–H and O–H groups in total. The van der Waals surface area contributed by atoms with E-state index in [-0.39, 0.29) is 18.4 Å². The first-order valence-electron chi connectivity index (χ1n) is 11.3. The molecule has 2 aromatic carbocycles. The Hall–Kier alpha value is -3.43. The third kappa shape index (κ3) is 3.04. The molecule has 0 bridgehead atoms. The predicted molar refractivity (Wildman–Crippen MR) is 122 cm³/mol. The smallest absolute Gasteiger partial charge is 0.250 e. The molecule has 0 aromatic heterocycles. The summed E-state index contributed by atoms with van der Waals surface area (Å²) in [6.07, 6.45) is -0.519. The van der Waals surface area contributed by atoms with Crippen LogP contribution >= 0.6 is 0 Å². The highest BCUT2D eigenvalue weighted by molar-refractivity contribution is 6.15. The van der Waals surface area contributed by atoms with E-state index in [1.165, 1.54) is 4.90 Å². The Bertz CT molecular complexity index is 1180. The number of amides is 3. The largest absolute Gasteiger partial charge is 0.493 e. The van der Waals surface area contributed by atoms with Crippen molar-refractivity contribution in [1.29, 1.82) is 0 Å². The molecule has 3 aliphatic rings. The van der Waals surface area contributed by atoms with Crippen molar-refractivity contribution in [1.82, 2.24) is 10.2 Å². The fraction of sp³-hybridized carbons (Fsp3) is 0.400. The van der Waals surface area contributed by atoms with Crippen LogP contribution < -0.4 is 20.1 Å². The number of ether oxygens (including phenoxy) is 2. The van der Waals surface area contributed by atoms with Gasteiger partial charge in [-0.3, -0.25) is 24.6 Å². The number of hydrogen-bond donors (Lipinski definition) is 3. The predicted octanol–water partition coefficient (Wildman–Crippen LogP) is 1.05. The summed E-state index contributed by atoms with van der Waals surface area (Å²) in [7, 11) is 3.10. The number of para-hydroxylation sites is 1. The zero-order chi connectivity index (χ0) is 24.2. The molecule has 2 fully saturated rings. The highest BCUT2D eigenvalue weighted by atomic mass is 16.5. The maximum atomic E-state index is 13.7. The molecule has 2 aromatic rings. The fourth-order valence-electron chi connectivity index (χ4n) is 5.66. The molecule has 3 heterocycles. The number of benzene rings is 2. The second kappa shape index (κ2) is 8.11. The Kier molecular flexibility index (Phi) is 5.33. The normalized spacial score (nSPS) is 28.2. The molecule has 9 nitrogen and oxygen atoms in total. The number of aliphatic hydroxyl groups is 1. The van der Waals surface area contributed by atoms with Gasteiger partial charge < -0.3 is 19.9 Å². The lowest BCUT2D eigenvalue weighted by Gasteiger charge is -2.30. The molecule has 3 amide bonds. The Balaban J connectivity index is 1.47. The first kappa shape index (κ1) is 22.4. The van der Waals surface area contributed by atoms with E-state index in [2.05, 4.69) is 10.6 Å². The zero-order valence-electron chi connectivity index (χ0n) is 19.2. The number of nitrogens with one attached hydrogen (secondary N) is 2. The SMILES string of the molecule is COc1ccc(CCN2C(=O)[C@@H]3[C@@H]([C@H](C)O)N[C@@]4(C(=O)Nc5ccccc54)[C@@H]3C2=O)cc1OC. The summed E-state index contributed by atoms with van der Waals surface area (Å²) in [5.41, 5.74) is 0.711. The second-order valence-corrected chi connectivity index (χ2v) is 8.99. The lowest BCUT2D eigenvalue weighted by Crippen LogP contribution is -2.54. The molecule has 5 rings (SSSR count). The Morgan fingerprint density at radius 3 is 2.50 bits per heavy atom. The van der Waals surface area contributed by atoms with Gasteiger partial charge >= 0.3 is 0 Å². The van der Waals surface area contributed by atoms with E-state index < -0.39 is 35.4 Å². The number of likely N-dealkylation sites (tertiary alicyclic amines) is 1. The van der Waals surface area contributed by atoms with Crippen LogP contribution in [0.2, 0.25) is 0 Å². The average Bonchev–Trinajstić information content (AvgIpc) is 3.42. The third-order valence-electron chi connectivity index (χ3n) is 7.24. The minimum absolute atomic E-state index is 0.159. The second-order valence-electron chi connectivity index (χ2n) is 8.99. The van der Waals surface area contributed by atoms with E-state index in [4.69, 9.17) is 9.47 Å². The average molecular weight is 466 g/mol. The van der Waals surface area contributed by atoms with Gasteiger partial charge in [-0.15, -0.1) is 0 Å². The molecule has 34 heavy (non-hydrogen) atoms.